The molecule has 0 heterocycles. The molecule has 19 heavy (non-hydrogen) atoms. The van der Waals surface area contributed by atoms with Crippen LogP contribution in [0, 0.1) is 6.07 Å². The summed E-state index contributed by atoms with van der Waals surface area (Å²) < 4.78 is 0. The molecule has 0 aliphatic carbocycles. The monoisotopic (exact) mass is 259 g/mol. The molecule has 0 aliphatic heterocycles. The van der Waals surface area contributed by atoms with Gasteiger partial charge in [-0.05, 0) is 24.5 Å². The van der Waals surface area contributed by atoms with Crippen molar-refractivity contribution < 1.29 is 0 Å². The van der Waals surface area contributed by atoms with Gasteiger partial charge in [0, 0.05) is 0 Å². The molecule has 0 aliphatic rings. The van der Waals surface area contributed by atoms with E-state index in [4.69, 9.17) is 0 Å². The fourth-order valence-corrected chi connectivity index (χ4v) is 2.57. The summed E-state index contributed by atoms with van der Waals surface area (Å²) in [5.41, 5.74) is 1.37. The Morgan fingerprint density at radius 3 is 1.84 bits per heavy atom. The summed E-state index contributed by atoms with van der Waals surface area (Å²) in [5.74, 6) is 0. The van der Waals surface area contributed by atoms with Crippen LogP contribution in [0.2, 0.25) is 0 Å². The van der Waals surface area contributed by atoms with Crippen LogP contribution >= 0.6 is 0 Å². The summed E-state index contributed by atoms with van der Waals surface area (Å²) >= 11 is 0. The molecule has 0 nitrogen and oxygen atoms in total. The summed E-state index contributed by atoms with van der Waals surface area (Å²) in [6, 6.07) is 11.7. The van der Waals surface area contributed by atoms with E-state index in [9.17, 15) is 0 Å². The minimum absolute atomic E-state index is 1.21. The lowest BCUT2D eigenvalue weighted by molar-refractivity contribution is 0.549. The van der Waals surface area contributed by atoms with Gasteiger partial charge in [0.2, 0.25) is 0 Å². The molecule has 107 valence electrons. The van der Waals surface area contributed by atoms with Gasteiger partial charge < -0.3 is 0 Å². The number of unbranched alkanes of at least 4 members (excludes halogenated alkanes) is 10. The molecule has 0 atom stereocenters. The minimum Gasteiger partial charge on any atom is -0.0654 e. The SMILES string of the molecule is CCCCCCCCCCCCCc1[c]cccc1. The lowest BCUT2D eigenvalue weighted by Crippen LogP contribution is -1.86. The second-order valence-electron chi connectivity index (χ2n) is 5.67. The molecular weight excluding hydrogens is 228 g/mol. The fourth-order valence-electron chi connectivity index (χ4n) is 2.57. The normalized spacial score (nSPS) is 10.8. The van der Waals surface area contributed by atoms with E-state index in [-0.39, 0.29) is 0 Å². The largest absolute Gasteiger partial charge is 0.0654 e. The van der Waals surface area contributed by atoms with Crippen LogP contribution in [0.5, 0.6) is 0 Å². The molecule has 0 unspecified atom stereocenters. The lowest BCUT2D eigenvalue weighted by atomic mass is 10.0. The second kappa shape index (κ2) is 12.3. The van der Waals surface area contributed by atoms with E-state index in [2.05, 4.69) is 25.1 Å². The van der Waals surface area contributed by atoms with Gasteiger partial charge in [0.15, 0.2) is 0 Å². The van der Waals surface area contributed by atoms with Gasteiger partial charge in [0.05, 0.1) is 0 Å². The number of hydrogen-bond donors (Lipinski definition) is 0. The Kier molecular flexibility index (Phi) is 10.5. The molecule has 0 fully saturated rings. The first-order chi connectivity index (χ1) is 9.43. The Hall–Kier alpha value is -0.780. The molecule has 0 amide bonds. The van der Waals surface area contributed by atoms with Gasteiger partial charge in [-0.25, -0.2) is 0 Å². The minimum atomic E-state index is 1.21. The van der Waals surface area contributed by atoms with Crippen molar-refractivity contribution in [1.29, 1.82) is 0 Å². The average molecular weight is 259 g/mol. The Bertz CT molecular complexity index is 275. The van der Waals surface area contributed by atoms with Crippen LogP contribution in [0.1, 0.15) is 83.1 Å². The molecule has 1 radical (unpaired) electrons. The molecule has 0 bridgehead atoms. The van der Waals surface area contributed by atoms with E-state index < -0.39 is 0 Å². The molecule has 0 saturated heterocycles. The van der Waals surface area contributed by atoms with E-state index in [0.29, 0.717) is 0 Å². The van der Waals surface area contributed by atoms with E-state index in [1.54, 1.807) is 0 Å². The summed E-state index contributed by atoms with van der Waals surface area (Å²) in [6.07, 6.45) is 16.8. The van der Waals surface area contributed by atoms with Crippen LogP contribution in [0.25, 0.3) is 0 Å². The fraction of sp³-hybridized carbons (Fsp3) is 0.684. The van der Waals surface area contributed by atoms with Gasteiger partial charge >= 0.3 is 0 Å². The Balaban J connectivity index is 1.79. The Labute approximate surface area is 120 Å². The molecule has 0 N–H and O–H groups in total. The number of benzene rings is 1. The van der Waals surface area contributed by atoms with E-state index in [0.717, 1.165) is 0 Å². The Morgan fingerprint density at radius 2 is 1.32 bits per heavy atom. The highest BCUT2D eigenvalue weighted by Crippen LogP contribution is 2.12. The van der Waals surface area contributed by atoms with Gasteiger partial charge in [-0.3, -0.25) is 0 Å². The highest BCUT2D eigenvalue weighted by atomic mass is 14.0. The zero-order valence-corrected chi connectivity index (χ0v) is 12.8. The van der Waals surface area contributed by atoms with Crippen molar-refractivity contribution in [2.24, 2.45) is 0 Å². The number of rotatable bonds is 12. The van der Waals surface area contributed by atoms with E-state index in [1.165, 1.54) is 82.6 Å². The highest BCUT2D eigenvalue weighted by Gasteiger charge is 1.94. The van der Waals surface area contributed by atoms with Gasteiger partial charge in [0.1, 0.15) is 0 Å². The van der Waals surface area contributed by atoms with Gasteiger partial charge in [-0.1, -0.05) is 95.4 Å². The quantitative estimate of drug-likeness (QED) is 0.384. The highest BCUT2D eigenvalue weighted by molar-refractivity contribution is 5.12. The van der Waals surface area contributed by atoms with Gasteiger partial charge in [-0.15, -0.1) is 0 Å². The third-order valence-corrected chi connectivity index (χ3v) is 3.82. The summed E-state index contributed by atoms with van der Waals surface area (Å²) in [4.78, 5) is 0. The number of aryl methyl sites for hydroxylation is 1. The first-order valence-electron chi connectivity index (χ1n) is 8.39. The maximum absolute atomic E-state index is 3.30. The van der Waals surface area contributed by atoms with Gasteiger partial charge in [-0.2, -0.15) is 0 Å². The van der Waals surface area contributed by atoms with Crippen LogP contribution in [0.4, 0.5) is 0 Å². The third-order valence-electron chi connectivity index (χ3n) is 3.82. The molecular formula is C19H31. The predicted molar refractivity (Wildman–Crippen MR) is 85.4 cm³/mol. The Morgan fingerprint density at radius 1 is 0.737 bits per heavy atom. The van der Waals surface area contributed by atoms with Crippen molar-refractivity contribution in [3.8, 4) is 0 Å². The van der Waals surface area contributed by atoms with Crippen molar-refractivity contribution in [3.05, 3.63) is 35.9 Å². The van der Waals surface area contributed by atoms with E-state index >= 15 is 0 Å². The first-order valence-corrected chi connectivity index (χ1v) is 8.39. The summed E-state index contributed by atoms with van der Waals surface area (Å²) in [5, 5.41) is 0. The molecule has 0 heteroatoms. The maximum Gasteiger partial charge on any atom is -0.0149 e. The van der Waals surface area contributed by atoms with Crippen LogP contribution in [-0.2, 0) is 6.42 Å². The van der Waals surface area contributed by atoms with Crippen molar-refractivity contribution in [2.45, 2.75) is 84.0 Å². The molecule has 0 aromatic heterocycles. The average Bonchev–Trinajstić information content (AvgIpc) is 2.46. The summed E-state index contributed by atoms with van der Waals surface area (Å²) in [6.45, 7) is 2.28. The topological polar surface area (TPSA) is 0 Å². The molecule has 0 saturated carbocycles. The molecule has 1 aromatic rings. The number of hydrogen-bond acceptors (Lipinski definition) is 0. The van der Waals surface area contributed by atoms with Crippen LogP contribution in [-0.4, -0.2) is 0 Å². The molecule has 1 rings (SSSR count). The second-order valence-corrected chi connectivity index (χ2v) is 5.67. The smallest absolute Gasteiger partial charge is 0.0149 e. The predicted octanol–water partition coefficient (Wildman–Crippen LogP) is 6.34. The van der Waals surface area contributed by atoms with Gasteiger partial charge in [0.25, 0.3) is 0 Å². The third kappa shape index (κ3) is 9.76. The van der Waals surface area contributed by atoms with E-state index in [1.807, 2.05) is 12.1 Å². The van der Waals surface area contributed by atoms with Crippen molar-refractivity contribution in [3.63, 3.8) is 0 Å². The maximum atomic E-state index is 3.30. The first kappa shape index (κ1) is 16.3. The summed E-state index contributed by atoms with van der Waals surface area (Å²) in [7, 11) is 0. The zero-order chi connectivity index (χ0) is 13.6. The van der Waals surface area contributed by atoms with Crippen LogP contribution < -0.4 is 0 Å². The zero-order valence-electron chi connectivity index (χ0n) is 12.8. The van der Waals surface area contributed by atoms with Crippen molar-refractivity contribution >= 4 is 0 Å². The molecule has 0 spiro atoms. The lowest BCUT2D eigenvalue weighted by Gasteiger charge is -2.03. The molecule has 1 aromatic carbocycles. The van der Waals surface area contributed by atoms with Crippen LogP contribution in [0.3, 0.4) is 0 Å². The standard InChI is InChI=1S/C19H31/c1-2-3-4-5-6-7-8-9-10-11-13-16-19-17-14-12-15-18-19/h12,14-15,17H,2-11,13,16H2,1H3. The van der Waals surface area contributed by atoms with Crippen LogP contribution in [0.15, 0.2) is 24.3 Å². The van der Waals surface area contributed by atoms with Crippen molar-refractivity contribution in [2.75, 3.05) is 0 Å². The van der Waals surface area contributed by atoms with Crippen molar-refractivity contribution in [1.82, 2.24) is 0 Å².